The van der Waals surface area contributed by atoms with Crippen molar-refractivity contribution in [1.82, 2.24) is 0 Å². The lowest BCUT2D eigenvalue weighted by Crippen LogP contribution is -2.14. The maximum absolute atomic E-state index is 8.57. The monoisotopic (exact) mass is 218 g/mol. The first-order valence-corrected chi connectivity index (χ1v) is 4.31. The minimum atomic E-state index is 0.147. The van der Waals surface area contributed by atoms with Gasteiger partial charge in [-0.15, -0.1) is 0 Å². The normalized spacial score (nSPS) is 11.8. The zero-order chi connectivity index (χ0) is 9.84. The number of hydrogen-bond acceptors (Lipinski definition) is 3. The summed E-state index contributed by atoms with van der Waals surface area (Å²) in [7, 11) is 0. The molecule has 0 radical (unpaired) electrons. The highest BCUT2D eigenvalue weighted by Crippen LogP contribution is 2.22. The van der Waals surface area contributed by atoms with Crippen LogP contribution in [0, 0.1) is 0 Å². The Morgan fingerprint density at radius 2 is 2.08 bits per heavy atom. The zero-order valence-corrected chi connectivity index (χ0v) is 8.18. The summed E-state index contributed by atoms with van der Waals surface area (Å²) in [5.74, 6) is 0. The summed E-state index contributed by atoms with van der Waals surface area (Å²) in [4.78, 5) is 0. The molecule has 0 saturated carbocycles. The van der Waals surface area contributed by atoms with Crippen LogP contribution in [0.1, 0.15) is 5.56 Å². The molecule has 0 heterocycles. The van der Waals surface area contributed by atoms with Crippen molar-refractivity contribution in [2.75, 3.05) is 6.54 Å². The first-order chi connectivity index (χ1) is 6.19. The van der Waals surface area contributed by atoms with Crippen molar-refractivity contribution in [2.45, 2.75) is 0 Å². The lowest BCUT2D eigenvalue weighted by molar-refractivity contribution is 0.318. The second-order valence-corrected chi connectivity index (χ2v) is 3.19. The van der Waals surface area contributed by atoms with Crippen molar-refractivity contribution in [1.29, 1.82) is 0 Å². The zero-order valence-electron chi connectivity index (χ0n) is 6.67. The number of halogens is 2. The Hall–Kier alpha value is -0.770. The Morgan fingerprint density at radius 1 is 1.38 bits per heavy atom. The van der Waals surface area contributed by atoms with E-state index in [0.717, 1.165) is 0 Å². The molecule has 13 heavy (non-hydrogen) atoms. The minimum absolute atomic E-state index is 0.147. The van der Waals surface area contributed by atoms with Crippen molar-refractivity contribution >= 4 is 28.9 Å². The van der Waals surface area contributed by atoms with Crippen molar-refractivity contribution in [3.63, 3.8) is 0 Å². The molecule has 70 valence electrons. The molecule has 1 rings (SSSR count). The third-order valence-corrected chi connectivity index (χ3v) is 2.31. The molecule has 0 unspecified atom stereocenters. The van der Waals surface area contributed by atoms with Gasteiger partial charge in [0.05, 0.1) is 10.0 Å². The molecule has 0 aliphatic carbocycles. The predicted octanol–water partition coefficient (Wildman–Crippen LogP) is 2.13. The third kappa shape index (κ3) is 2.34. The van der Waals surface area contributed by atoms with Crippen molar-refractivity contribution in [3.05, 3.63) is 33.8 Å². The van der Waals surface area contributed by atoms with Crippen molar-refractivity contribution in [2.24, 2.45) is 10.9 Å². The second kappa shape index (κ2) is 4.46. The summed E-state index contributed by atoms with van der Waals surface area (Å²) in [6.45, 7) is 0.147. The fourth-order valence-electron chi connectivity index (χ4n) is 0.892. The summed E-state index contributed by atoms with van der Waals surface area (Å²) in [6, 6.07) is 4.92. The van der Waals surface area contributed by atoms with Gasteiger partial charge in [-0.1, -0.05) is 34.4 Å². The van der Waals surface area contributed by atoms with Gasteiger partial charge in [0.2, 0.25) is 0 Å². The summed E-state index contributed by atoms with van der Waals surface area (Å²) in [5.41, 5.74) is 6.38. The van der Waals surface area contributed by atoms with Crippen LogP contribution in [0.3, 0.4) is 0 Å². The van der Waals surface area contributed by atoms with E-state index < -0.39 is 0 Å². The van der Waals surface area contributed by atoms with E-state index in [1.807, 2.05) is 0 Å². The molecule has 0 aliphatic heterocycles. The highest BCUT2D eigenvalue weighted by Gasteiger charge is 2.04. The lowest BCUT2D eigenvalue weighted by atomic mass is 10.1. The SMILES string of the molecule is NCC(=NO)c1ccc(Cl)c(Cl)c1. The second-order valence-electron chi connectivity index (χ2n) is 2.38. The quantitative estimate of drug-likeness (QED) is 0.454. The Balaban J connectivity index is 3.10. The van der Waals surface area contributed by atoms with Crippen LogP contribution in [-0.4, -0.2) is 17.5 Å². The van der Waals surface area contributed by atoms with Gasteiger partial charge in [0.25, 0.3) is 0 Å². The Kier molecular flexibility index (Phi) is 3.54. The van der Waals surface area contributed by atoms with Crippen molar-refractivity contribution in [3.8, 4) is 0 Å². The van der Waals surface area contributed by atoms with E-state index in [1.54, 1.807) is 18.2 Å². The van der Waals surface area contributed by atoms with Crippen LogP contribution in [0.4, 0.5) is 0 Å². The topological polar surface area (TPSA) is 58.6 Å². The molecule has 0 spiro atoms. The molecule has 5 heteroatoms. The van der Waals surface area contributed by atoms with Gasteiger partial charge in [-0.2, -0.15) is 0 Å². The first kappa shape index (κ1) is 10.3. The molecule has 0 fully saturated rings. The number of benzene rings is 1. The van der Waals surface area contributed by atoms with Gasteiger partial charge in [-0.05, 0) is 12.1 Å². The van der Waals surface area contributed by atoms with Crippen LogP contribution in [-0.2, 0) is 0 Å². The molecule has 3 N–H and O–H groups in total. The summed E-state index contributed by atoms with van der Waals surface area (Å²) in [5, 5.41) is 12.5. The molecule has 3 nitrogen and oxygen atoms in total. The molecule has 0 amide bonds. The van der Waals surface area contributed by atoms with Gasteiger partial charge < -0.3 is 10.9 Å². The van der Waals surface area contributed by atoms with E-state index in [-0.39, 0.29) is 6.54 Å². The molecular weight excluding hydrogens is 211 g/mol. The van der Waals surface area contributed by atoms with Crippen LogP contribution in [0.25, 0.3) is 0 Å². The summed E-state index contributed by atoms with van der Waals surface area (Å²) < 4.78 is 0. The van der Waals surface area contributed by atoms with Gasteiger partial charge in [0, 0.05) is 12.1 Å². The van der Waals surface area contributed by atoms with E-state index in [9.17, 15) is 0 Å². The Morgan fingerprint density at radius 3 is 2.54 bits per heavy atom. The number of oxime groups is 1. The number of nitrogens with zero attached hydrogens (tertiary/aromatic N) is 1. The van der Waals surface area contributed by atoms with Gasteiger partial charge in [-0.25, -0.2) is 0 Å². The average molecular weight is 219 g/mol. The largest absolute Gasteiger partial charge is 0.411 e. The van der Waals surface area contributed by atoms with E-state index in [0.29, 0.717) is 21.3 Å². The maximum Gasteiger partial charge on any atom is 0.100 e. The molecular formula is C8H8Cl2N2O. The molecule has 0 aliphatic rings. The van der Waals surface area contributed by atoms with E-state index >= 15 is 0 Å². The molecule has 0 bridgehead atoms. The number of rotatable bonds is 2. The highest BCUT2D eigenvalue weighted by atomic mass is 35.5. The Labute approximate surface area is 85.8 Å². The van der Waals surface area contributed by atoms with Crippen LogP contribution < -0.4 is 5.73 Å². The maximum atomic E-state index is 8.57. The van der Waals surface area contributed by atoms with Crippen molar-refractivity contribution < 1.29 is 5.21 Å². The van der Waals surface area contributed by atoms with Gasteiger partial charge in [0.15, 0.2) is 0 Å². The first-order valence-electron chi connectivity index (χ1n) is 3.55. The molecule has 0 saturated heterocycles. The molecule has 1 aromatic rings. The number of hydrogen-bond donors (Lipinski definition) is 2. The number of nitrogens with two attached hydrogens (primary N) is 1. The van der Waals surface area contributed by atoms with Gasteiger partial charge in [0.1, 0.15) is 5.71 Å². The predicted molar refractivity (Wildman–Crippen MR) is 53.8 cm³/mol. The van der Waals surface area contributed by atoms with E-state index in [2.05, 4.69) is 5.16 Å². The third-order valence-electron chi connectivity index (χ3n) is 1.57. The van der Waals surface area contributed by atoms with Crippen LogP contribution in [0.15, 0.2) is 23.4 Å². The molecule has 0 atom stereocenters. The van der Waals surface area contributed by atoms with E-state index in [1.165, 1.54) is 0 Å². The fraction of sp³-hybridized carbons (Fsp3) is 0.125. The van der Waals surface area contributed by atoms with Gasteiger partial charge in [-0.3, -0.25) is 0 Å². The van der Waals surface area contributed by atoms with Crippen LogP contribution in [0.2, 0.25) is 10.0 Å². The van der Waals surface area contributed by atoms with Crippen LogP contribution in [0.5, 0.6) is 0 Å². The summed E-state index contributed by atoms with van der Waals surface area (Å²) >= 11 is 11.5. The summed E-state index contributed by atoms with van der Waals surface area (Å²) in [6.07, 6.45) is 0. The highest BCUT2D eigenvalue weighted by molar-refractivity contribution is 6.42. The molecule has 0 aromatic heterocycles. The lowest BCUT2D eigenvalue weighted by Gasteiger charge is -2.02. The minimum Gasteiger partial charge on any atom is -0.411 e. The smallest absolute Gasteiger partial charge is 0.100 e. The van der Waals surface area contributed by atoms with E-state index in [4.69, 9.17) is 34.1 Å². The molecule has 1 aromatic carbocycles. The van der Waals surface area contributed by atoms with Crippen LogP contribution >= 0.6 is 23.2 Å². The Bertz CT molecular complexity index is 339. The van der Waals surface area contributed by atoms with Gasteiger partial charge >= 0.3 is 0 Å². The average Bonchev–Trinajstić information content (AvgIpc) is 2.13. The standard InChI is InChI=1S/C8H8Cl2N2O/c9-6-2-1-5(3-7(6)10)8(4-11)12-13/h1-3,13H,4,11H2. The fourth-order valence-corrected chi connectivity index (χ4v) is 1.19.